The molecule has 1 aromatic carbocycles. The van der Waals surface area contributed by atoms with E-state index in [-0.39, 0.29) is 11.5 Å². The Morgan fingerprint density at radius 3 is 2.96 bits per heavy atom. The molecule has 2 heterocycles. The van der Waals surface area contributed by atoms with Gasteiger partial charge in [0, 0.05) is 32.4 Å². The van der Waals surface area contributed by atoms with Crippen LogP contribution in [0.3, 0.4) is 0 Å². The second kappa shape index (κ2) is 6.31. The number of benzene rings is 1. The fourth-order valence-electron chi connectivity index (χ4n) is 3.12. The molecule has 24 heavy (non-hydrogen) atoms. The van der Waals surface area contributed by atoms with Crippen molar-refractivity contribution in [2.75, 3.05) is 13.1 Å². The number of amides is 1. The minimum Gasteiger partial charge on any atom is -0.502 e. The largest absolute Gasteiger partial charge is 0.502 e. The third kappa shape index (κ3) is 3.08. The van der Waals surface area contributed by atoms with Crippen LogP contribution in [-0.4, -0.2) is 43.7 Å². The maximum atomic E-state index is 12.6. The van der Waals surface area contributed by atoms with Crippen LogP contribution in [0.15, 0.2) is 30.6 Å². The number of carbonyl (C=O) groups excluding carboxylic acids is 1. The average Bonchev–Trinajstić information content (AvgIpc) is 3.16. The van der Waals surface area contributed by atoms with Gasteiger partial charge in [0.25, 0.3) is 5.91 Å². The van der Waals surface area contributed by atoms with Crippen molar-refractivity contribution in [1.82, 2.24) is 14.7 Å². The van der Waals surface area contributed by atoms with Crippen molar-refractivity contribution in [2.45, 2.75) is 12.8 Å². The molecular formula is C16H18N4O4. The van der Waals surface area contributed by atoms with Gasteiger partial charge >= 0.3 is 5.69 Å². The van der Waals surface area contributed by atoms with Crippen LogP contribution in [0.2, 0.25) is 0 Å². The van der Waals surface area contributed by atoms with Crippen LogP contribution in [0, 0.1) is 16.0 Å². The molecule has 8 heteroatoms. The number of hydrogen-bond donors (Lipinski definition) is 1. The zero-order valence-corrected chi connectivity index (χ0v) is 13.3. The predicted molar refractivity (Wildman–Crippen MR) is 85.7 cm³/mol. The Hall–Kier alpha value is -2.90. The Balaban J connectivity index is 1.71. The molecule has 126 valence electrons. The molecule has 1 fully saturated rings. The van der Waals surface area contributed by atoms with Crippen molar-refractivity contribution < 1.29 is 14.8 Å². The Labute approximate surface area is 138 Å². The number of phenolic OH excluding ortho intramolecular Hbond substituents is 1. The zero-order chi connectivity index (χ0) is 17.3. The van der Waals surface area contributed by atoms with Gasteiger partial charge < -0.3 is 10.0 Å². The number of nitro benzene ring substituents is 1. The molecule has 0 spiro atoms. The summed E-state index contributed by atoms with van der Waals surface area (Å²) in [7, 11) is 1.86. The molecular weight excluding hydrogens is 312 g/mol. The Kier molecular flexibility index (Phi) is 4.20. The van der Waals surface area contributed by atoms with E-state index >= 15 is 0 Å². The van der Waals surface area contributed by atoms with E-state index in [4.69, 9.17) is 0 Å². The smallest absolute Gasteiger partial charge is 0.311 e. The summed E-state index contributed by atoms with van der Waals surface area (Å²) in [6, 6.07) is 4.01. The van der Waals surface area contributed by atoms with Gasteiger partial charge in [-0.1, -0.05) is 6.07 Å². The minimum absolute atomic E-state index is 0.0220. The van der Waals surface area contributed by atoms with Crippen LogP contribution in [0.4, 0.5) is 5.69 Å². The number of aromatic hydroxyl groups is 1. The average molecular weight is 330 g/mol. The van der Waals surface area contributed by atoms with Crippen molar-refractivity contribution >= 4 is 11.6 Å². The summed E-state index contributed by atoms with van der Waals surface area (Å²) in [6.07, 6.45) is 5.46. The van der Waals surface area contributed by atoms with Gasteiger partial charge in [0.15, 0.2) is 0 Å². The number of carbonyl (C=O) groups is 1. The highest BCUT2D eigenvalue weighted by Gasteiger charge is 2.30. The SMILES string of the molecule is Cn1cc(C[C@H]2CCN(C(=O)c3cccc([N+](=O)[O-])c3O)C2)cn1. The van der Waals surface area contributed by atoms with Gasteiger partial charge in [-0.25, -0.2) is 0 Å². The second-order valence-corrected chi connectivity index (χ2v) is 6.06. The van der Waals surface area contributed by atoms with E-state index in [0.717, 1.165) is 18.4 Å². The number of hydrogen-bond acceptors (Lipinski definition) is 5. The lowest BCUT2D eigenvalue weighted by atomic mass is 10.0. The number of phenols is 1. The summed E-state index contributed by atoms with van der Waals surface area (Å²) in [5, 5.41) is 25.0. The first kappa shape index (κ1) is 16.0. The summed E-state index contributed by atoms with van der Waals surface area (Å²) in [4.78, 5) is 24.4. The monoisotopic (exact) mass is 330 g/mol. The van der Waals surface area contributed by atoms with E-state index in [1.54, 1.807) is 9.58 Å². The molecule has 0 aliphatic carbocycles. The van der Waals surface area contributed by atoms with E-state index < -0.39 is 16.4 Å². The highest BCUT2D eigenvalue weighted by Crippen LogP contribution is 2.31. The number of nitro groups is 1. The summed E-state index contributed by atoms with van der Waals surface area (Å²) in [5.74, 6) is -0.618. The van der Waals surface area contributed by atoms with E-state index in [1.807, 2.05) is 19.4 Å². The highest BCUT2D eigenvalue weighted by atomic mass is 16.6. The van der Waals surface area contributed by atoms with Crippen LogP contribution < -0.4 is 0 Å². The third-order valence-corrected chi connectivity index (χ3v) is 4.30. The molecule has 0 unspecified atom stereocenters. The molecule has 3 rings (SSSR count). The molecule has 1 aromatic heterocycles. The van der Waals surface area contributed by atoms with E-state index in [9.17, 15) is 20.0 Å². The second-order valence-electron chi connectivity index (χ2n) is 6.06. The highest BCUT2D eigenvalue weighted by molar-refractivity contribution is 5.98. The van der Waals surface area contributed by atoms with Gasteiger partial charge in [-0.2, -0.15) is 5.10 Å². The van der Waals surface area contributed by atoms with Gasteiger partial charge in [0.1, 0.15) is 0 Å². The third-order valence-electron chi connectivity index (χ3n) is 4.30. The minimum atomic E-state index is -0.693. The summed E-state index contributed by atoms with van der Waals surface area (Å²) in [5.41, 5.74) is 0.646. The fourth-order valence-corrected chi connectivity index (χ4v) is 3.12. The van der Waals surface area contributed by atoms with Crippen molar-refractivity contribution in [3.63, 3.8) is 0 Å². The number of rotatable bonds is 4. The zero-order valence-electron chi connectivity index (χ0n) is 13.3. The molecule has 1 atom stereocenters. The van der Waals surface area contributed by atoms with Crippen LogP contribution in [-0.2, 0) is 13.5 Å². The number of likely N-dealkylation sites (tertiary alicyclic amines) is 1. The summed E-state index contributed by atoms with van der Waals surface area (Å²) < 4.78 is 1.74. The van der Waals surface area contributed by atoms with Gasteiger partial charge in [-0.3, -0.25) is 19.6 Å². The van der Waals surface area contributed by atoms with Crippen molar-refractivity contribution in [1.29, 1.82) is 0 Å². The molecule has 0 bridgehead atoms. The van der Waals surface area contributed by atoms with E-state index in [2.05, 4.69) is 5.10 Å². The summed E-state index contributed by atoms with van der Waals surface area (Å²) >= 11 is 0. The number of aromatic nitrogens is 2. The van der Waals surface area contributed by atoms with Gasteiger partial charge in [-0.15, -0.1) is 0 Å². The topological polar surface area (TPSA) is 102 Å². The van der Waals surface area contributed by atoms with Gasteiger partial charge in [0.05, 0.1) is 16.7 Å². The molecule has 1 N–H and O–H groups in total. The van der Waals surface area contributed by atoms with Crippen LogP contribution in [0.25, 0.3) is 0 Å². The molecule has 0 saturated carbocycles. The number of nitrogens with zero attached hydrogens (tertiary/aromatic N) is 4. The maximum Gasteiger partial charge on any atom is 0.311 e. The molecule has 1 amide bonds. The lowest BCUT2D eigenvalue weighted by Gasteiger charge is -2.17. The number of aryl methyl sites for hydroxylation is 1. The maximum absolute atomic E-state index is 12.6. The standard InChI is InChI=1S/C16H18N4O4/c1-18-9-12(8-17-18)7-11-5-6-19(10-11)16(22)13-3-2-4-14(15(13)21)20(23)24/h2-4,8-9,11,21H,5-7,10H2,1H3/t11-/m1/s1. The fraction of sp³-hybridized carbons (Fsp3) is 0.375. The molecule has 8 nitrogen and oxygen atoms in total. The van der Waals surface area contributed by atoms with Gasteiger partial charge in [-0.05, 0) is 30.4 Å². The Bertz CT molecular complexity index is 786. The van der Waals surface area contributed by atoms with Crippen molar-refractivity contribution in [3.8, 4) is 5.75 Å². The van der Waals surface area contributed by atoms with Crippen molar-refractivity contribution in [2.24, 2.45) is 13.0 Å². The van der Waals surface area contributed by atoms with Gasteiger partial charge in [0.2, 0.25) is 5.75 Å². The lowest BCUT2D eigenvalue weighted by Crippen LogP contribution is -2.29. The Morgan fingerprint density at radius 1 is 1.50 bits per heavy atom. The van der Waals surface area contributed by atoms with Crippen LogP contribution in [0.5, 0.6) is 5.75 Å². The molecule has 1 saturated heterocycles. The van der Waals surface area contributed by atoms with Crippen LogP contribution >= 0.6 is 0 Å². The predicted octanol–water partition coefficient (Wildman–Crippen LogP) is 1.74. The normalized spacial score (nSPS) is 17.2. The first-order chi connectivity index (χ1) is 11.5. The van der Waals surface area contributed by atoms with E-state index in [0.29, 0.717) is 19.0 Å². The molecule has 1 aliphatic rings. The lowest BCUT2D eigenvalue weighted by molar-refractivity contribution is -0.385. The molecule has 1 aliphatic heterocycles. The van der Waals surface area contributed by atoms with Crippen LogP contribution in [0.1, 0.15) is 22.3 Å². The quantitative estimate of drug-likeness (QED) is 0.679. The number of para-hydroxylation sites is 1. The first-order valence-corrected chi connectivity index (χ1v) is 7.69. The molecule has 2 aromatic rings. The summed E-state index contributed by atoms with van der Waals surface area (Å²) in [6.45, 7) is 1.14. The van der Waals surface area contributed by atoms with E-state index in [1.165, 1.54) is 18.2 Å². The molecule has 0 radical (unpaired) electrons. The first-order valence-electron chi connectivity index (χ1n) is 7.69. The Morgan fingerprint density at radius 2 is 2.29 bits per heavy atom. The van der Waals surface area contributed by atoms with Crippen molar-refractivity contribution in [3.05, 3.63) is 51.8 Å².